The van der Waals surface area contributed by atoms with Crippen LogP contribution in [0.15, 0.2) is 78.9 Å². The van der Waals surface area contributed by atoms with Gasteiger partial charge in [0.15, 0.2) is 0 Å². The lowest BCUT2D eigenvalue weighted by molar-refractivity contribution is -0.274. The number of hydrogen-bond donors (Lipinski definition) is 0. The lowest BCUT2D eigenvalue weighted by atomic mass is 10.3. The zero-order valence-electron chi connectivity index (χ0n) is 16.2. The highest BCUT2D eigenvalue weighted by Gasteiger charge is 2.40. The second kappa shape index (κ2) is 8.71. The predicted molar refractivity (Wildman–Crippen MR) is 109 cm³/mol. The third kappa shape index (κ3) is 5.48. The van der Waals surface area contributed by atoms with E-state index in [4.69, 9.17) is 9.05 Å². The number of alkyl halides is 3. The van der Waals surface area contributed by atoms with E-state index in [1.807, 2.05) is 0 Å². The number of halogens is 3. The van der Waals surface area contributed by atoms with E-state index in [0.717, 1.165) is 6.07 Å². The van der Waals surface area contributed by atoms with Crippen molar-refractivity contribution in [1.29, 1.82) is 0 Å². The van der Waals surface area contributed by atoms with Gasteiger partial charge >= 0.3 is 14.0 Å². The van der Waals surface area contributed by atoms with E-state index >= 15 is 0 Å². The molecule has 3 aromatic carbocycles. The van der Waals surface area contributed by atoms with Gasteiger partial charge in [-0.3, -0.25) is 0 Å². The molecule has 5 nitrogen and oxygen atoms in total. The van der Waals surface area contributed by atoms with Crippen LogP contribution in [0.2, 0.25) is 0 Å². The zero-order valence-corrected chi connectivity index (χ0v) is 17.1. The quantitative estimate of drug-likeness (QED) is 0.449. The molecule has 0 saturated heterocycles. The molecule has 30 heavy (non-hydrogen) atoms. The van der Waals surface area contributed by atoms with Crippen LogP contribution in [-0.4, -0.2) is 20.5 Å². The number of rotatable bonds is 7. The highest BCUT2D eigenvalue weighted by Crippen LogP contribution is 2.50. The van der Waals surface area contributed by atoms with Crippen LogP contribution in [0.5, 0.6) is 17.2 Å². The first-order valence-corrected chi connectivity index (χ1v) is 10.4. The SMILES string of the molecule is CN(C)c1ccc(P(=O)(Oc2ccccc2)Oc2ccccc2)c(OC(F)(F)F)c1. The fraction of sp³-hybridized carbons (Fsp3) is 0.143. The Hall–Kier alpha value is -3.12. The van der Waals surface area contributed by atoms with Crippen LogP contribution in [0, 0.1) is 0 Å². The third-order valence-electron chi connectivity index (χ3n) is 3.92. The molecule has 0 fully saturated rings. The van der Waals surface area contributed by atoms with Crippen molar-refractivity contribution in [3.63, 3.8) is 0 Å². The standard InChI is InChI=1S/C21H19F3NO4P/c1-25(2)16-13-14-20(19(15-16)27-21(22,23)24)30(26,28-17-9-5-3-6-10-17)29-18-11-7-4-8-12-18/h3-15H,1-2H3. The molecule has 9 heteroatoms. The summed E-state index contributed by atoms with van der Waals surface area (Å²) in [5.74, 6) is -0.318. The summed E-state index contributed by atoms with van der Waals surface area (Å²) >= 11 is 0. The van der Waals surface area contributed by atoms with Gasteiger partial charge in [0, 0.05) is 25.8 Å². The largest absolute Gasteiger partial charge is 0.573 e. The highest BCUT2D eigenvalue weighted by molar-refractivity contribution is 7.63. The molecule has 0 atom stereocenters. The highest BCUT2D eigenvalue weighted by atomic mass is 31.2. The van der Waals surface area contributed by atoms with E-state index in [1.54, 1.807) is 55.4 Å². The number of hydrogen-bond acceptors (Lipinski definition) is 5. The summed E-state index contributed by atoms with van der Waals surface area (Å²) in [5, 5.41) is -0.349. The second-order valence-electron chi connectivity index (χ2n) is 6.40. The van der Waals surface area contributed by atoms with Gasteiger partial charge in [0.1, 0.15) is 22.6 Å². The normalized spacial score (nSPS) is 11.6. The number of nitrogens with zero attached hydrogens (tertiary/aromatic N) is 1. The Labute approximate surface area is 172 Å². The van der Waals surface area contributed by atoms with Gasteiger partial charge in [-0.1, -0.05) is 36.4 Å². The zero-order chi connectivity index (χ0) is 21.8. The summed E-state index contributed by atoms with van der Waals surface area (Å²) in [6.07, 6.45) is -5.00. The van der Waals surface area contributed by atoms with Crippen molar-refractivity contribution in [2.75, 3.05) is 19.0 Å². The Bertz CT molecular complexity index is 982. The van der Waals surface area contributed by atoms with Gasteiger partial charge in [0.25, 0.3) is 0 Å². The van der Waals surface area contributed by atoms with Gasteiger partial charge in [-0.25, -0.2) is 4.57 Å². The summed E-state index contributed by atoms with van der Waals surface area (Å²) in [6.45, 7) is 0. The molecular weight excluding hydrogens is 418 g/mol. The lowest BCUT2D eigenvalue weighted by Gasteiger charge is -2.24. The Morgan fingerprint density at radius 3 is 1.73 bits per heavy atom. The van der Waals surface area contributed by atoms with E-state index in [-0.39, 0.29) is 16.8 Å². The minimum Gasteiger partial charge on any atom is -0.413 e. The van der Waals surface area contributed by atoms with Crippen molar-refractivity contribution in [1.82, 2.24) is 0 Å². The van der Waals surface area contributed by atoms with Crippen molar-refractivity contribution in [2.24, 2.45) is 0 Å². The van der Waals surface area contributed by atoms with Gasteiger partial charge in [-0.15, -0.1) is 13.2 Å². The van der Waals surface area contributed by atoms with Crippen LogP contribution >= 0.6 is 7.60 Å². The molecule has 0 amide bonds. The first-order chi connectivity index (χ1) is 14.2. The van der Waals surface area contributed by atoms with Crippen molar-refractivity contribution >= 4 is 18.6 Å². The van der Waals surface area contributed by atoms with Gasteiger partial charge in [-0.2, -0.15) is 0 Å². The molecular formula is C21H19F3NO4P. The first kappa shape index (κ1) is 21.6. The fourth-order valence-electron chi connectivity index (χ4n) is 2.57. The topological polar surface area (TPSA) is 48.0 Å². The van der Waals surface area contributed by atoms with Gasteiger partial charge in [0.2, 0.25) is 0 Å². The second-order valence-corrected chi connectivity index (χ2v) is 8.24. The van der Waals surface area contributed by atoms with Crippen LogP contribution in [0.25, 0.3) is 0 Å². The first-order valence-electron chi connectivity index (χ1n) is 8.83. The van der Waals surface area contributed by atoms with Crippen molar-refractivity contribution in [3.8, 4) is 17.2 Å². The minimum atomic E-state index is -5.00. The smallest absolute Gasteiger partial charge is 0.413 e. The van der Waals surface area contributed by atoms with Crippen LogP contribution in [0.1, 0.15) is 0 Å². The van der Waals surface area contributed by atoms with E-state index in [9.17, 15) is 17.7 Å². The van der Waals surface area contributed by atoms with E-state index < -0.39 is 19.7 Å². The monoisotopic (exact) mass is 437 g/mol. The Morgan fingerprint density at radius 2 is 1.30 bits per heavy atom. The van der Waals surface area contributed by atoms with Crippen LogP contribution < -0.4 is 24.0 Å². The number of ether oxygens (including phenoxy) is 1. The van der Waals surface area contributed by atoms with Crippen LogP contribution in [-0.2, 0) is 4.57 Å². The fourth-order valence-corrected chi connectivity index (χ4v) is 4.24. The average molecular weight is 437 g/mol. The molecule has 0 N–H and O–H groups in total. The molecule has 0 saturated carbocycles. The van der Waals surface area contributed by atoms with Crippen LogP contribution in [0.4, 0.5) is 18.9 Å². The van der Waals surface area contributed by atoms with Gasteiger partial charge in [-0.05, 0) is 36.4 Å². The number of para-hydroxylation sites is 2. The average Bonchev–Trinajstić information content (AvgIpc) is 2.68. The summed E-state index contributed by atoms with van der Waals surface area (Å²) in [5.41, 5.74) is 0.420. The molecule has 0 unspecified atom stereocenters. The summed E-state index contributed by atoms with van der Waals surface area (Å²) in [7, 11) is -1.01. The molecule has 0 bridgehead atoms. The molecule has 0 aliphatic carbocycles. The molecule has 3 aromatic rings. The number of benzene rings is 3. The molecule has 158 valence electrons. The molecule has 0 heterocycles. The summed E-state index contributed by atoms with van der Waals surface area (Å²) in [6, 6.07) is 20.0. The Kier molecular flexibility index (Phi) is 6.27. The molecule has 0 radical (unpaired) electrons. The van der Waals surface area contributed by atoms with Gasteiger partial charge < -0.3 is 18.7 Å². The summed E-state index contributed by atoms with van der Waals surface area (Å²) < 4.78 is 68.5. The number of anilines is 1. The molecule has 3 rings (SSSR count). The third-order valence-corrected chi connectivity index (χ3v) is 5.78. The maximum absolute atomic E-state index is 13.8. The van der Waals surface area contributed by atoms with Crippen molar-refractivity contribution in [2.45, 2.75) is 6.36 Å². The summed E-state index contributed by atoms with van der Waals surface area (Å²) in [4.78, 5) is 1.59. The molecule has 0 aromatic heterocycles. The molecule has 0 aliphatic rings. The molecule has 0 spiro atoms. The van der Waals surface area contributed by atoms with E-state index in [2.05, 4.69) is 4.74 Å². The van der Waals surface area contributed by atoms with Crippen LogP contribution in [0.3, 0.4) is 0 Å². The van der Waals surface area contributed by atoms with E-state index in [1.165, 1.54) is 36.4 Å². The maximum atomic E-state index is 13.8. The Balaban J connectivity index is 2.13. The Morgan fingerprint density at radius 1 is 0.800 bits per heavy atom. The predicted octanol–water partition coefficient (Wildman–Crippen LogP) is 5.63. The van der Waals surface area contributed by atoms with Crippen molar-refractivity contribution < 1.29 is 31.5 Å². The van der Waals surface area contributed by atoms with Gasteiger partial charge in [0.05, 0.1) is 0 Å². The maximum Gasteiger partial charge on any atom is 0.573 e. The van der Waals surface area contributed by atoms with Crippen molar-refractivity contribution in [3.05, 3.63) is 78.9 Å². The lowest BCUT2D eigenvalue weighted by Crippen LogP contribution is -2.25. The van der Waals surface area contributed by atoms with E-state index in [0.29, 0.717) is 5.69 Å². The minimum absolute atomic E-state index is 0.173. The molecule has 0 aliphatic heterocycles.